The van der Waals surface area contributed by atoms with Gasteiger partial charge in [0.1, 0.15) is 17.3 Å². The fourth-order valence-electron chi connectivity index (χ4n) is 3.85. The van der Waals surface area contributed by atoms with E-state index >= 15 is 0 Å². The minimum absolute atomic E-state index is 0. The van der Waals surface area contributed by atoms with Crippen molar-refractivity contribution < 1.29 is 14.7 Å². The molecule has 3 rings (SSSR count). The quantitative estimate of drug-likeness (QED) is 0.531. The molecule has 0 saturated heterocycles. The molecule has 1 aromatic carbocycles. The molecule has 172 valence electrons. The van der Waals surface area contributed by atoms with Crippen LogP contribution in [0, 0.1) is 12.3 Å². The molecule has 0 aliphatic carbocycles. The number of carbonyl (C=O) groups excluding carboxylic acids is 2. The topological polar surface area (TPSA) is 106 Å². The van der Waals surface area contributed by atoms with E-state index in [1.807, 2.05) is 39.8 Å². The van der Waals surface area contributed by atoms with Crippen LogP contribution in [0.5, 0.6) is 5.75 Å². The average molecular weight is 503 g/mol. The predicted molar refractivity (Wildman–Crippen MR) is 130 cm³/mol. The molecule has 0 saturated carbocycles. The molecule has 8 heteroatoms. The third-order valence-electron chi connectivity index (χ3n) is 5.51. The first-order valence-electron chi connectivity index (χ1n) is 10.4. The predicted octanol–water partition coefficient (Wildman–Crippen LogP) is 4.19. The fraction of sp³-hybridized carbons (Fsp3) is 0.417. The Hall–Kier alpha value is -2.74. The second-order valence-corrected chi connectivity index (χ2v) is 9.22. The number of fused-ring (bicyclic) bond motifs is 1. The highest BCUT2D eigenvalue weighted by Gasteiger charge is 2.29. The Morgan fingerprint density at radius 2 is 1.94 bits per heavy atom. The highest BCUT2D eigenvalue weighted by atomic mass is 79.9. The van der Waals surface area contributed by atoms with Crippen LogP contribution >= 0.6 is 17.0 Å². The van der Waals surface area contributed by atoms with Gasteiger partial charge >= 0.3 is 0 Å². The summed E-state index contributed by atoms with van der Waals surface area (Å²) in [6.07, 6.45) is 0. The van der Waals surface area contributed by atoms with E-state index in [1.165, 1.54) is 6.92 Å². The van der Waals surface area contributed by atoms with Crippen molar-refractivity contribution in [2.24, 2.45) is 0 Å². The zero-order valence-corrected chi connectivity index (χ0v) is 21.1. The van der Waals surface area contributed by atoms with Crippen LogP contribution in [-0.2, 0) is 16.8 Å². The molecule has 3 N–H and O–H groups in total. The van der Waals surface area contributed by atoms with Gasteiger partial charge in [0.25, 0.3) is 0 Å². The lowest BCUT2D eigenvalue weighted by atomic mass is 9.82. The molecule has 7 nitrogen and oxygen atoms in total. The SMILES string of the molecule is Br.CC(=O)NC(C)c1cc(C(=O)CN2Cc3ccc(C)nc3C2=N)cc(C(C)(C)C)c1O. The Balaban J connectivity index is 0.00000363. The number of pyridine rings is 1. The molecule has 1 unspecified atom stereocenters. The van der Waals surface area contributed by atoms with E-state index < -0.39 is 11.5 Å². The third-order valence-corrected chi connectivity index (χ3v) is 5.51. The maximum Gasteiger partial charge on any atom is 0.217 e. The molecule has 1 aliphatic rings. The Labute approximate surface area is 199 Å². The summed E-state index contributed by atoms with van der Waals surface area (Å²) in [5.74, 6) is -0.0388. The van der Waals surface area contributed by atoms with Crippen molar-refractivity contribution in [3.63, 3.8) is 0 Å². The van der Waals surface area contributed by atoms with Gasteiger partial charge in [0.05, 0.1) is 12.6 Å². The summed E-state index contributed by atoms with van der Waals surface area (Å²) in [4.78, 5) is 30.9. The molecule has 2 aromatic rings. The van der Waals surface area contributed by atoms with Gasteiger partial charge in [-0.3, -0.25) is 15.0 Å². The molecule has 1 atom stereocenters. The number of carbonyl (C=O) groups is 2. The van der Waals surface area contributed by atoms with E-state index in [9.17, 15) is 14.7 Å². The number of phenolic OH excluding ortho intramolecular Hbond substituents is 1. The van der Waals surface area contributed by atoms with Gasteiger partial charge in [0.2, 0.25) is 5.91 Å². The van der Waals surface area contributed by atoms with Crippen molar-refractivity contribution in [1.82, 2.24) is 15.2 Å². The Morgan fingerprint density at radius 3 is 2.53 bits per heavy atom. The van der Waals surface area contributed by atoms with E-state index in [4.69, 9.17) is 5.41 Å². The van der Waals surface area contributed by atoms with Crippen LogP contribution in [0.1, 0.15) is 79.1 Å². The molecule has 1 aliphatic heterocycles. The minimum atomic E-state index is -0.451. The van der Waals surface area contributed by atoms with Crippen molar-refractivity contribution in [2.45, 2.75) is 59.5 Å². The maximum atomic E-state index is 13.2. The van der Waals surface area contributed by atoms with Crippen LogP contribution in [0.4, 0.5) is 0 Å². The van der Waals surface area contributed by atoms with Crippen LogP contribution in [0.15, 0.2) is 24.3 Å². The van der Waals surface area contributed by atoms with E-state index in [0.717, 1.165) is 11.3 Å². The number of nitrogens with one attached hydrogen (secondary N) is 2. The number of halogens is 1. The second-order valence-electron chi connectivity index (χ2n) is 9.22. The number of rotatable bonds is 5. The number of hydrogen-bond acceptors (Lipinski definition) is 5. The van der Waals surface area contributed by atoms with E-state index in [1.54, 1.807) is 24.0 Å². The van der Waals surface area contributed by atoms with Gasteiger partial charge in [-0.1, -0.05) is 26.8 Å². The summed E-state index contributed by atoms with van der Waals surface area (Å²) >= 11 is 0. The maximum absolute atomic E-state index is 13.2. The van der Waals surface area contributed by atoms with Gasteiger partial charge in [0.15, 0.2) is 5.78 Å². The molecule has 0 bridgehead atoms. The summed E-state index contributed by atoms with van der Waals surface area (Å²) in [7, 11) is 0. The van der Waals surface area contributed by atoms with Crippen LogP contribution in [0.3, 0.4) is 0 Å². The molecule has 0 fully saturated rings. The summed E-state index contributed by atoms with van der Waals surface area (Å²) in [5.41, 5.74) is 3.58. The summed E-state index contributed by atoms with van der Waals surface area (Å²) in [6, 6.07) is 6.76. The number of phenols is 1. The van der Waals surface area contributed by atoms with Crippen molar-refractivity contribution >= 4 is 34.5 Å². The smallest absolute Gasteiger partial charge is 0.217 e. The molecule has 32 heavy (non-hydrogen) atoms. The normalized spacial score (nSPS) is 13.9. The fourth-order valence-corrected chi connectivity index (χ4v) is 3.85. The average Bonchev–Trinajstić information content (AvgIpc) is 2.95. The van der Waals surface area contributed by atoms with Gasteiger partial charge in [-0.05, 0) is 37.5 Å². The van der Waals surface area contributed by atoms with Crippen molar-refractivity contribution in [3.8, 4) is 5.75 Å². The summed E-state index contributed by atoms with van der Waals surface area (Å²) < 4.78 is 0. The molecular formula is C24H31BrN4O3. The highest BCUT2D eigenvalue weighted by molar-refractivity contribution is 8.93. The number of hydrogen-bond donors (Lipinski definition) is 3. The standard InChI is InChI=1S/C24H30N4O3.BrH/c1-13-7-8-16-11-28(23(25)21(16)26-13)12-20(30)17-9-18(14(2)27-15(3)29)22(31)19(10-17)24(4,5)6;/h7-10,14,25,31H,11-12H2,1-6H3,(H,27,29);1H. The number of aromatic nitrogens is 1. The van der Waals surface area contributed by atoms with Gasteiger partial charge < -0.3 is 15.3 Å². The van der Waals surface area contributed by atoms with Crippen LogP contribution < -0.4 is 5.32 Å². The number of Topliss-reactive ketones (excluding diaryl/α,β-unsaturated/α-hetero) is 1. The second kappa shape index (κ2) is 9.40. The number of nitrogens with zero attached hydrogens (tertiary/aromatic N) is 2. The van der Waals surface area contributed by atoms with Crippen molar-refractivity contribution in [3.05, 3.63) is 57.9 Å². The molecule has 2 heterocycles. The zero-order chi connectivity index (χ0) is 23.1. The molecule has 0 radical (unpaired) electrons. The lowest BCUT2D eigenvalue weighted by Gasteiger charge is -2.26. The Bertz CT molecular complexity index is 1080. The number of aryl methyl sites for hydroxylation is 1. The lowest BCUT2D eigenvalue weighted by molar-refractivity contribution is -0.119. The first-order valence-corrected chi connectivity index (χ1v) is 10.4. The third kappa shape index (κ3) is 5.18. The number of benzene rings is 1. The zero-order valence-electron chi connectivity index (χ0n) is 19.4. The highest BCUT2D eigenvalue weighted by Crippen LogP contribution is 2.37. The monoisotopic (exact) mass is 502 g/mol. The number of ketones is 1. The first kappa shape index (κ1) is 25.5. The van der Waals surface area contributed by atoms with E-state index in [0.29, 0.717) is 28.9 Å². The lowest BCUT2D eigenvalue weighted by Crippen LogP contribution is -2.31. The molecular weight excluding hydrogens is 472 g/mol. The Morgan fingerprint density at radius 1 is 1.28 bits per heavy atom. The first-order chi connectivity index (χ1) is 14.4. The van der Waals surface area contributed by atoms with Crippen molar-refractivity contribution in [1.29, 1.82) is 5.41 Å². The largest absolute Gasteiger partial charge is 0.507 e. The summed E-state index contributed by atoms with van der Waals surface area (Å²) in [6.45, 7) is 11.5. The van der Waals surface area contributed by atoms with Crippen molar-refractivity contribution in [2.75, 3.05) is 6.54 Å². The van der Waals surface area contributed by atoms with E-state index in [2.05, 4.69) is 10.3 Å². The van der Waals surface area contributed by atoms with Gasteiger partial charge in [-0.25, -0.2) is 4.98 Å². The number of amidine groups is 1. The van der Waals surface area contributed by atoms with Crippen LogP contribution in [0.2, 0.25) is 0 Å². The van der Waals surface area contributed by atoms with Crippen LogP contribution in [0.25, 0.3) is 0 Å². The summed E-state index contributed by atoms with van der Waals surface area (Å²) in [5, 5.41) is 22.1. The number of amides is 1. The van der Waals surface area contributed by atoms with Crippen LogP contribution in [-0.4, -0.2) is 39.1 Å². The Kier molecular flexibility index (Phi) is 7.50. The van der Waals surface area contributed by atoms with Gasteiger partial charge in [-0.2, -0.15) is 0 Å². The molecule has 1 amide bonds. The van der Waals surface area contributed by atoms with Gasteiger partial charge in [0, 0.05) is 41.4 Å². The molecule has 1 aromatic heterocycles. The number of aromatic hydroxyl groups is 1. The molecule has 0 spiro atoms. The minimum Gasteiger partial charge on any atom is -0.507 e. The van der Waals surface area contributed by atoms with E-state index in [-0.39, 0.29) is 46.8 Å². The van der Waals surface area contributed by atoms with Gasteiger partial charge in [-0.15, -0.1) is 17.0 Å².